The zero-order valence-corrected chi connectivity index (χ0v) is 10.4. The molecule has 98 valence electrons. The van der Waals surface area contributed by atoms with E-state index in [9.17, 15) is 4.79 Å². The maximum atomic E-state index is 11.0. The van der Waals surface area contributed by atoms with Crippen molar-refractivity contribution in [2.24, 2.45) is 11.5 Å². The zero-order valence-electron chi connectivity index (χ0n) is 10.4. The van der Waals surface area contributed by atoms with Crippen LogP contribution in [0.5, 0.6) is 0 Å². The van der Waals surface area contributed by atoms with Gasteiger partial charge in [-0.25, -0.2) is 4.79 Å². The third-order valence-electron chi connectivity index (χ3n) is 3.23. The lowest BCUT2D eigenvalue weighted by molar-refractivity contribution is -0.133. The molecule has 17 heavy (non-hydrogen) atoms. The third kappa shape index (κ3) is 3.52. The molecule has 0 saturated carbocycles. The van der Waals surface area contributed by atoms with Crippen molar-refractivity contribution in [2.45, 2.75) is 57.4 Å². The van der Waals surface area contributed by atoms with Crippen molar-refractivity contribution in [3.8, 4) is 0 Å². The first kappa shape index (κ1) is 14.2. The molecule has 0 fully saturated rings. The van der Waals surface area contributed by atoms with Crippen LogP contribution in [-0.4, -0.2) is 35.4 Å². The van der Waals surface area contributed by atoms with Gasteiger partial charge in [0.25, 0.3) is 0 Å². The van der Waals surface area contributed by atoms with Crippen molar-refractivity contribution in [1.29, 1.82) is 0 Å². The van der Waals surface area contributed by atoms with Crippen molar-refractivity contribution in [1.82, 2.24) is 0 Å². The standard InChI is InChI=1S/C12H22N2O3/c1-3-8(4-2)17-10-6-7(12(15)16)5-9(13)11(10)14/h6,8-11H,3-5,13-14H2,1-2H3,(H,15,16)/t9-,10+,11+/m1/s1. The average molecular weight is 242 g/mol. The van der Waals surface area contributed by atoms with Crippen molar-refractivity contribution in [3.05, 3.63) is 11.6 Å². The summed E-state index contributed by atoms with van der Waals surface area (Å²) in [6.07, 6.45) is 3.38. The maximum absolute atomic E-state index is 11.0. The van der Waals surface area contributed by atoms with Crippen molar-refractivity contribution in [3.63, 3.8) is 0 Å². The van der Waals surface area contributed by atoms with Crippen molar-refractivity contribution in [2.75, 3.05) is 0 Å². The highest BCUT2D eigenvalue weighted by Crippen LogP contribution is 2.21. The molecule has 0 aromatic carbocycles. The average Bonchev–Trinajstić information content (AvgIpc) is 2.30. The number of ether oxygens (including phenoxy) is 1. The van der Waals surface area contributed by atoms with Crippen LogP contribution >= 0.6 is 0 Å². The Balaban J connectivity index is 2.79. The summed E-state index contributed by atoms with van der Waals surface area (Å²) in [5, 5.41) is 8.99. The summed E-state index contributed by atoms with van der Waals surface area (Å²) in [5.74, 6) is -0.939. The molecule has 0 amide bonds. The molecule has 0 aromatic rings. The molecule has 0 aliphatic heterocycles. The largest absolute Gasteiger partial charge is 0.478 e. The fraction of sp³-hybridized carbons (Fsp3) is 0.750. The monoisotopic (exact) mass is 242 g/mol. The van der Waals surface area contributed by atoms with E-state index in [0.29, 0.717) is 12.0 Å². The molecule has 1 aliphatic carbocycles. The first-order valence-electron chi connectivity index (χ1n) is 6.10. The highest BCUT2D eigenvalue weighted by molar-refractivity contribution is 5.87. The van der Waals surface area contributed by atoms with Crippen LogP contribution in [0.4, 0.5) is 0 Å². The quantitative estimate of drug-likeness (QED) is 0.656. The molecule has 3 atom stereocenters. The number of carbonyl (C=O) groups is 1. The lowest BCUT2D eigenvalue weighted by Gasteiger charge is -2.33. The van der Waals surface area contributed by atoms with E-state index >= 15 is 0 Å². The van der Waals surface area contributed by atoms with Crippen LogP contribution in [0.3, 0.4) is 0 Å². The molecule has 5 N–H and O–H groups in total. The van der Waals surface area contributed by atoms with E-state index in [4.69, 9.17) is 21.3 Å². The summed E-state index contributed by atoms with van der Waals surface area (Å²) in [4.78, 5) is 11.0. The highest BCUT2D eigenvalue weighted by Gasteiger charge is 2.32. The summed E-state index contributed by atoms with van der Waals surface area (Å²) >= 11 is 0. The Morgan fingerprint density at radius 3 is 2.59 bits per heavy atom. The molecule has 0 bridgehead atoms. The second kappa shape index (κ2) is 6.14. The second-order valence-corrected chi connectivity index (χ2v) is 4.48. The third-order valence-corrected chi connectivity index (χ3v) is 3.23. The molecule has 1 aliphatic rings. The topological polar surface area (TPSA) is 98.6 Å². The van der Waals surface area contributed by atoms with Gasteiger partial charge in [0.1, 0.15) is 0 Å². The fourth-order valence-corrected chi connectivity index (χ4v) is 2.00. The van der Waals surface area contributed by atoms with Crippen LogP contribution in [0.25, 0.3) is 0 Å². The van der Waals surface area contributed by atoms with Crippen LogP contribution in [0.15, 0.2) is 11.6 Å². The number of hydrogen-bond acceptors (Lipinski definition) is 4. The summed E-state index contributed by atoms with van der Waals surface area (Å²) in [7, 11) is 0. The lowest BCUT2D eigenvalue weighted by atomic mass is 9.89. The molecular weight excluding hydrogens is 220 g/mol. The Morgan fingerprint density at radius 2 is 2.12 bits per heavy atom. The van der Waals surface area contributed by atoms with E-state index in [1.165, 1.54) is 0 Å². The molecule has 5 heteroatoms. The smallest absolute Gasteiger partial charge is 0.331 e. The summed E-state index contributed by atoms with van der Waals surface area (Å²) in [5.41, 5.74) is 12.1. The van der Waals surface area contributed by atoms with E-state index in [0.717, 1.165) is 12.8 Å². The van der Waals surface area contributed by atoms with Gasteiger partial charge in [0, 0.05) is 17.7 Å². The van der Waals surface area contributed by atoms with Crippen molar-refractivity contribution < 1.29 is 14.6 Å². The zero-order chi connectivity index (χ0) is 13.0. The maximum Gasteiger partial charge on any atom is 0.331 e. The Bertz CT molecular complexity index is 300. The predicted molar refractivity (Wildman–Crippen MR) is 65.5 cm³/mol. The van der Waals surface area contributed by atoms with Gasteiger partial charge in [-0.3, -0.25) is 0 Å². The minimum absolute atomic E-state index is 0.0997. The summed E-state index contributed by atoms with van der Waals surface area (Å²) < 4.78 is 5.81. The molecule has 0 aromatic heterocycles. The van der Waals surface area contributed by atoms with Crippen LogP contribution in [0, 0.1) is 0 Å². The van der Waals surface area contributed by atoms with E-state index in [2.05, 4.69) is 0 Å². The van der Waals surface area contributed by atoms with Gasteiger partial charge in [0.15, 0.2) is 0 Å². The highest BCUT2D eigenvalue weighted by atomic mass is 16.5. The summed E-state index contributed by atoms with van der Waals surface area (Å²) in [6.45, 7) is 4.06. The van der Waals surface area contributed by atoms with Gasteiger partial charge >= 0.3 is 5.97 Å². The van der Waals surface area contributed by atoms with Gasteiger partial charge < -0.3 is 21.3 Å². The normalized spacial score (nSPS) is 29.2. The van der Waals surface area contributed by atoms with Crippen LogP contribution < -0.4 is 11.5 Å². The Kier molecular flexibility index (Phi) is 5.11. The molecule has 0 heterocycles. The number of carboxylic acids is 1. The fourth-order valence-electron chi connectivity index (χ4n) is 2.00. The number of aliphatic carboxylic acids is 1. The summed E-state index contributed by atoms with van der Waals surface area (Å²) in [6, 6.07) is -0.691. The van der Waals surface area contributed by atoms with Gasteiger partial charge in [-0.15, -0.1) is 0 Å². The lowest BCUT2D eigenvalue weighted by Crippen LogP contribution is -2.53. The minimum Gasteiger partial charge on any atom is -0.478 e. The molecule has 0 spiro atoms. The number of nitrogens with two attached hydrogens (primary N) is 2. The predicted octanol–water partition coefficient (Wildman–Crippen LogP) is 0.630. The van der Waals surface area contributed by atoms with E-state index in [1.807, 2.05) is 13.8 Å². The number of hydrogen-bond donors (Lipinski definition) is 3. The Labute approximate surface area is 102 Å². The Morgan fingerprint density at radius 1 is 1.53 bits per heavy atom. The van der Waals surface area contributed by atoms with Crippen LogP contribution in [-0.2, 0) is 9.53 Å². The molecular formula is C12H22N2O3. The molecule has 0 radical (unpaired) electrons. The SMILES string of the molecule is CCC(CC)O[C@H]1C=C(C(=O)O)C[C@@H](N)[C@@H]1N. The molecule has 0 saturated heterocycles. The minimum atomic E-state index is -0.939. The first-order chi connectivity index (χ1) is 7.99. The van der Waals surface area contributed by atoms with E-state index in [-0.39, 0.29) is 18.2 Å². The molecule has 1 rings (SSSR count). The second-order valence-electron chi connectivity index (χ2n) is 4.48. The van der Waals surface area contributed by atoms with Gasteiger partial charge in [-0.2, -0.15) is 0 Å². The van der Waals surface area contributed by atoms with Crippen molar-refractivity contribution >= 4 is 5.97 Å². The van der Waals surface area contributed by atoms with E-state index < -0.39 is 12.1 Å². The number of rotatable bonds is 5. The Hall–Kier alpha value is -0.910. The van der Waals surface area contributed by atoms with E-state index in [1.54, 1.807) is 6.08 Å². The first-order valence-corrected chi connectivity index (χ1v) is 6.10. The van der Waals surface area contributed by atoms with Gasteiger partial charge in [0.05, 0.1) is 12.2 Å². The van der Waals surface area contributed by atoms with Gasteiger partial charge in [0.2, 0.25) is 0 Å². The molecule has 5 nitrogen and oxygen atoms in total. The van der Waals surface area contributed by atoms with Gasteiger partial charge in [-0.1, -0.05) is 13.8 Å². The van der Waals surface area contributed by atoms with Crippen LogP contribution in [0.1, 0.15) is 33.1 Å². The van der Waals surface area contributed by atoms with Gasteiger partial charge in [-0.05, 0) is 25.3 Å². The van der Waals surface area contributed by atoms with Crippen LogP contribution in [0.2, 0.25) is 0 Å². The number of carboxylic acid groups (broad SMARTS) is 1. The molecule has 0 unspecified atom stereocenters.